The SMILES string of the molecule is Cl.O=C(NCCc1cnn(-c2ccccc2)c1)c1ccn(C2CCCNC2)n1. The summed E-state index contributed by atoms with van der Waals surface area (Å²) in [6, 6.07) is 12.1. The number of piperidine rings is 1. The Morgan fingerprint density at radius 3 is 2.89 bits per heavy atom. The average molecular weight is 401 g/mol. The van der Waals surface area contributed by atoms with E-state index in [1.165, 1.54) is 0 Å². The Labute approximate surface area is 170 Å². The predicted octanol–water partition coefficient (Wildman–Crippen LogP) is 2.39. The molecule has 2 N–H and O–H groups in total. The Balaban J connectivity index is 0.00000225. The summed E-state index contributed by atoms with van der Waals surface area (Å²) >= 11 is 0. The van der Waals surface area contributed by atoms with Crippen LogP contribution in [0.25, 0.3) is 5.69 Å². The highest BCUT2D eigenvalue weighted by Gasteiger charge is 2.17. The molecular formula is C20H25ClN6O. The molecule has 0 radical (unpaired) electrons. The summed E-state index contributed by atoms with van der Waals surface area (Å²) < 4.78 is 3.75. The topological polar surface area (TPSA) is 76.8 Å². The van der Waals surface area contributed by atoms with Crippen LogP contribution in [0, 0.1) is 0 Å². The molecule has 3 heterocycles. The highest BCUT2D eigenvalue weighted by molar-refractivity contribution is 5.92. The fraction of sp³-hybridized carbons (Fsp3) is 0.350. The lowest BCUT2D eigenvalue weighted by atomic mass is 10.1. The highest BCUT2D eigenvalue weighted by atomic mass is 35.5. The molecule has 0 saturated carbocycles. The largest absolute Gasteiger partial charge is 0.350 e. The van der Waals surface area contributed by atoms with Crippen molar-refractivity contribution in [3.05, 3.63) is 66.2 Å². The van der Waals surface area contributed by atoms with Crippen molar-refractivity contribution in [1.82, 2.24) is 30.2 Å². The van der Waals surface area contributed by atoms with Gasteiger partial charge >= 0.3 is 0 Å². The predicted molar refractivity (Wildman–Crippen MR) is 110 cm³/mol. The number of hydrogen-bond donors (Lipinski definition) is 2. The van der Waals surface area contributed by atoms with Gasteiger partial charge in [-0.15, -0.1) is 12.4 Å². The number of rotatable bonds is 6. The number of carbonyl (C=O) groups excluding carboxylic acids is 1. The first-order valence-electron chi connectivity index (χ1n) is 9.42. The number of halogens is 1. The second-order valence-electron chi connectivity index (χ2n) is 6.82. The van der Waals surface area contributed by atoms with Crippen molar-refractivity contribution in [3.63, 3.8) is 0 Å². The van der Waals surface area contributed by atoms with E-state index in [-0.39, 0.29) is 18.3 Å². The minimum atomic E-state index is -0.132. The lowest BCUT2D eigenvalue weighted by Crippen LogP contribution is -2.32. The number of benzene rings is 1. The maximum Gasteiger partial charge on any atom is 0.271 e. The van der Waals surface area contributed by atoms with Crippen molar-refractivity contribution in [3.8, 4) is 5.69 Å². The lowest BCUT2D eigenvalue weighted by Gasteiger charge is -2.22. The molecule has 0 spiro atoms. The summed E-state index contributed by atoms with van der Waals surface area (Å²) in [5.41, 5.74) is 2.58. The molecule has 3 aromatic rings. The van der Waals surface area contributed by atoms with Gasteiger partial charge in [-0.2, -0.15) is 10.2 Å². The van der Waals surface area contributed by atoms with Crippen molar-refractivity contribution in [1.29, 1.82) is 0 Å². The molecule has 1 aliphatic heterocycles. The monoisotopic (exact) mass is 400 g/mol. The number of aromatic nitrogens is 4. The maximum absolute atomic E-state index is 12.3. The van der Waals surface area contributed by atoms with Gasteiger partial charge in [0.1, 0.15) is 5.69 Å². The number of amides is 1. The van der Waals surface area contributed by atoms with Gasteiger partial charge in [-0.05, 0) is 49.6 Å². The molecule has 28 heavy (non-hydrogen) atoms. The first kappa shape index (κ1) is 20.1. The highest BCUT2D eigenvalue weighted by Crippen LogP contribution is 2.15. The quantitative estimate of drug-likeness (QED) is 0.666. The smallest absolute Gasteiger partial charge is 0.271 e. The van der Waals surface area contributed by atoms with E-state index in [2.05, 4.69) is 20.8 Å². The van der Waals surface area contributed by atoms with Gasteiger partial charge in [-0.3, -0.25) is 9.48 Å². The van der Waals surface area contributed by atoms with E-state index < -0.39 is 0 Å². The van der Waals surface area contributed by atoms with Gasteiger partial charge in [0.25, 0.3) is 5.91 Å². The molecule has 0 aliphatic carbocycles. The summed E-state index contributed by atoms with van der Waals surface area (Å²) in [5, 5.41) is 15.1. The minimum Gasteiger partial charge on any atom is -0.350 e. The lowest BCUT2D eigenvalue weighted by molar-refractivity contribution is 0.0947. The third-order valence-corrected chi connectivity index (χ3v) is 4.84. The van der Waals surface area contributed by atoms with E-state index in [1.54, 1.807) is 6.07 Å². The number of nitrogens with one attached hydrogen (secondary N) is 2. The van der Waals surface area contributed by atoms with Gasteiger partial charge in [0.15, 0.2) is 0 Å². The number of nitrogens with zero attached hydrogens (tertiary/aromatic N) is 4. The van der Waals surface area contributed by atoms with Gasteiger partial charge in [0.05, 0.1) is 17.9 Å². The normalized spacial score (nSPS) is 16.4. The van der Waals surface area contributed by atoms with Crippen LogP contribution in [0.2, 0.25) is 0 Å². The van der Waals surface area contributed by atoms with Crippen molar-refractivity contribution in [2.24, 2.45) is 0 Å². The number of hydrogen-bond acceptors (Lipinski definition) is 4. The molecule has 148 valence electrons. The third-order valence-electron chi connectivity index (χ3n) is 4.84. The first-order chi connectivity index (χ1) is 13.3. The summed E-state index contributed by atoms with van der Waals surface area (Å²) in [7, 11) is 0. The van der Waals surface area contributed by atoms with Crippen LogP contribution in [0.1, 0.15) is 34.9 Å². The molecule has 1 aromatic carbocycles. The van der Waals surface area contributed by atoms with Crippen LogP contribution >= 0.6 is 12.4 Å². The number of para-hydroxylation sites is 1. The van der Waals surface area contributed by atoms with E-state index in [4.69, 9.17) is 0 Å². The second kappa shape index (κ2) is 9.52. The van der Waals surface area contributed by atoms with E-state index in [9.17, 15) is 4.79 Å². The Hall–Kier alpha value is -2.64. The molecule has 0 bridgehead atoms. The Morgan fingerprint density at radius 2 is 2.11 bits per heavy atom. The Morgan fingerprint density at radius 1 is 1.25 bits per heavy atom. The summed E-state index contributed by atoms with van der Waals surface area (Å²) in [4.78, 5) is 12.3. The fourth-order valence-electron chi connectivity index (χ4n) is 3.34. The molecule has 2 aromatic heterocycles. The fourth-order valence-corrected chi connectivity index (χ4v) is 3.34. The number of carbonyl (C=O) groups is 1. The van der Waals surface area contributed by atoms with Gasteiger partial charge in [0, 0.05) is 25.5 Å². The van der Waals surface area contributed by atoms with Gasteiger partial charge in [0.2, 0.25) is 0 Å². The molecular weight excluding hydrogens is 376 g/mol. The molecule has 1 saturated heterocycles. The molecule has 1 fully saturated rings. The standard InChI is InChI=1S/C20H24N6O.ClH/c27-20(19-9-12-25(24-19)18-7-4-10-21-14-18)22-11-8-16-13-23-26(15-16)17-5-2-1-3-6-17;/h1-3,5-6,9,12-13,15,18,21H,4,7-8,10-11,14H2,(H,22,27);1H. The molecule has 1 unspecified atom stereocenters. The summed E-state index contributed by atoms with van der Waals surface area (Å²) in [5.74, 6) is -0.132. The molecule has 1 amide bonds. The zero-order chi connectivity index (χ0) is 18.5. The molecule has 1 aliphatic rings. The summed E-state index contributed by atoms with van der Waals surface area (Å²) in [6.07, 6.45) is 8.70. The Bertz CT molecular complexity index is 885. The van der Waals surface area contributed by atoms with Crippen molar-refractivity contribution in [2.75, 3.05) is 19.6 Å². The van der Waals surface area contributed by atoms with Crippen molar-refractivity contribution in [2.45, 2.75) is 25.3 Å². The van der Waals surface area contributed by atoms with Crippen molar-refractivity contribution >= 4 is 18.3 Å². The van der Waals surface area contributed by atoms with Crippen LogP contribution in [-0.4, -0.2) is 45.1 Å². The van der Waals surface area contributed by atoms with Crippen molar-refractivity contribution < 1.29 is 4.79 Å². The molecule has 7 nitrogen and oxygen atoms in total. The van der Waals surface area contributed by atoms with Crippen LogP contribution < -0.4 is 10.6 Å². The molecule has 1 atom stereocenters. The zero-order valence-corrected chi connectivity index (χ0v) is 16.4. The van der Waals surface area contributed by atoms with E-state index >= 15 is 0 Å². The second-order valence-corrected chi connectivity index (χ2v) is 6.82. The van der Waals surface area contributed by atoms with Crippen LogP contribution in [-0.2, 0) is 6.42 Å². The molecule has 4 rings (SSSR count). The van der Waals surface area contributed by atoms with Gasteiger partial charge in [-0.25, -0.2) is 4.68 Å². The maximum atomic E-state index is 12.3. The van der Waals surface area contributed by atoms with Crippen LogP contribution in [0.4, 0.5) is 0 Å². The van der Waals surface area contributed by atoms with E-state index in [1.807, 2.05) is 58.3 Å². The third kappa shape index (κ3) is 4.79. The van der Waals surface area contributed by atoms with Gasteiger partial charge < -0.3 is 10.6 Å². The summed E-state index contributed by atoms with van der Waals surface area (Å²) in [6.45, 7) is 2.53. The zero-order valence-electron chi connectivity index (χ0n) is 15.6. The van der Waals surface area contributed by atoms with E-state index in [0.29, 0.717) is 18.3 Å². The van der Waals surface area contributed by atoms with Gasteiger partial charge in [-0.1, -0.05) is 18.2 Å². The Kier molecular flexibility index (Phi) is 6.84. The first-order valence-corrected chi connectivity index (χ1v) is 9.42. The molecule has 8 heteroatoms. The van der Waals surface area contributed by atoms with Crippen LogP contribution in [0.15, 0.2) is 55.0 Å². The minimum absolute atomic E-state index is 0. The van der Waals surface area contributed by atoms with Crippen LogP contribution in [0.3, 0.4) is 0 Å². The van der Waals surface area contributed by atoms with E-state index in [0.717, 1.165) is 43.6 Å². The average Bonchev–Trinajstić information content (AvgIpc) is 3.39. The van der Waals surface area contributed by atoms with Crippen LogP contribution in [0.5, 0.6) is 0 Å².